The fourth-order valence-corrected chi connectivity index (χ4v) is 1.80. The summed E-state index contributed by atoms with van der Waals surface area (Å²) in [6, 6.07) is 9.45. The van der Waals surface area contributed by atoms with Gasteiger partial charge in [-0.1, -0.05) is 23.7 Å². The Labute approximate surface area is 96.7 Å². The van der Waals surface area contributed by atoms with Crippen molar-refractivity contribution in [2.45, 2.75) is 0 Å². The molecule has 3 nitrogen and oxygen atoms in total. The molecular formula is C12H7ClN2O. The molecule has 3 aromatic rings. The summed E-state index contributed by atoms with van der Waals surface area (Å²) in [5, 5.41) is 1.32. The van der Waals surface area contributed by atoms with Crippen molar-refractivity contribution in [1.29, 1.82) is 0 Å². The second-order valence-electron chi connectivity index (χ2n) is 3.37. The minimum absolute atomic E-state index is 0.460. The van der Waals surface area contributed by atoms with Gasteiger partial charge in [-0.25, -0.2) is 9.97 Å². The lowest BCUT2D eigenvalue weighted by atomic mass is 10.2. The van der Waals surface area contributed by atoms with Crippen molar-refractivity contribution in [1.82, 2.24) is 9.97 Å². The van der Waals surface area contributed by atoms with E-state index < -0.39 is 0 Å². The van der Waals surface area contributed by atoms with E-state index in [1.165, 1.54) is 0 Å². The van der Waals surface area contributed by atoms with E-state index in [2.05, 4.69) is 9.97 Å². The number of para-hydroxylation sites is 1. The molecule has 0 aliphatic rings. The molecule has 0 bridgehead atoms. The molecule has 2 heterocycles. The summed E-state index contributed by atoms with van der Waals surface area (Å²) in [6.45, 7) is 0. The Hall–Kier alpha value is -1.87. The number of fused-ring (bicyclic) bond motifs is 1. The first-order chi connectivity index (χ1) is 7.84. The van der Waals surface area contributed by atoms with Crippen LogP contribution in [0.4, 0.5) is 0 Å². The van der Waals surface area contributed by atoms with E-state index in [1.807, 2.05) is 24.3 Å². The van der Waals surface area contributed by atoms with Gasteiger partial charge in [-0.2, -0.15) is 0 Å². The van der Waals surface area contributed by atoms with Crippen LogP contribution in [0.25, 0.3) is 22.3 Å². The van der Waals surface area contributed by atoms with Gasteiger partial charge in [-0.3, -0.25) is 0 Å². The molecule has 0 atom stereocenters. The second-order valence-corrected chi connectivity index (χ2v) is 3.73. The van der Waals surface area contributed by atoms with Crippen LogP contribution in [0.15, 0.2) is 47.3 Å². The molecule has 3 rings (SSSR count). The van der Waals surface area contributed by atoms with Crippen LogP contribution in [0.3, 0.4) is 0 Å². The molecule has 0 N–H and O–H groups in total. The van der Waals surface area contributed by atoms with Crippen molar-refractivity contribution < 1.29 is 4.42 Å². The first-order valence-electron chi connectivity index (χ1n) is 4.79. The van der Waals surface area contributed by atoms with Gasteiger partial charge >= 0.3 is 0 Å². The zero-order valence-corrected chi connectivity index (χ0v) is 8.98. The van der Waals surface area contributed by atoms with E-state index in [0.717, 1.165) is 16.5 Å². The molecule has 0 aliphatic heterocycles. The summed E-state index contributed by atoms with van der Waals surface area (Å²) in [6.07, 6.45) is 3.18. The third-order valence-electron chi connectivity index (χ3n) is 2.34. The number of aromatic nitrogens is 2. The van der Waals surface area contributed by atoms with Gasteiger partial charge in [-0.15, -0.1) is 0 Å². The van der Waals surface area contributed by atoms with Gasteiger partial charge < -0.3 is 4.42 Å². The Balaban J connectivity index is 2.29. The maximum Gasteiger partial charge on any atom is 0.164 e. The average Bonchev–Trinajstić information content (AvgIpc) is 2.82. The minimum Gasteiger partial charge on any atom is -0.472 e. The maximum atomic E-state index is 6.10. The standard InChI is InChI=1S/C12H7ClN2O/c13-11-9-3-1-2-4-10(9)14-12(15-11)8-5-6-16-7-8/h1-7H. The van der Waals surface area contributed by atoms with Crippen molar-refractivity contribution in [3.63, 3.8) is 0 Å². The predicted octanol–water partition coefficient (Wildman–Crippen LogP) is 3.54. The van der Waals surface area contributed by atoms with E-state index in [0.29, 0.717) is 11.0 Å². The highest BCUT2D eigenvalue weighted by Crippen LogP contribution is 2.24. The quantitative estimate of drug-likeness (QED) is 0.600. The van der Waals surface area contributed by atoms with Crippen molar-refractivity contribution in [2.75, 3.05) is 0 Å². The molecular weight excluding hydrogens is 224 g/mol. The number of nitrogens with zero attached hydrogens (tertiary/aromatic N) is 2. The highest BCUT2D eigenvalue weighted by molar-refractivity contribution is 6.34. The Morgan fingerprint density at radius 2 is 1.94 bits per heavy atom. The van der Waals surface area contributed by atoms with Crippen molar-refractivity contribution in [2.24, 2.45) is 0 Å². The SMILES string of the molecule is Clc1nc(-c2ccoc2)nc2ccccc12. The first-order valence-corrected chi connectivity index (χ1v) is 5.17. The van der Waals surface area contributed by atoms with E-state index >= 15 is 0 Å². The molecule has 0 fully saturated rings. The second kappa shape index (κ2) is 3.61. The molecule has 2 aromatic heterocycles. The highest BCUT2D eigenvalue weighted by Gasteiger charge is 2.07. The van der Waals surface area contributed by atoms with Crippen LogP contribution >= 0.6 is 11.6 Å². The van der Waals surface area contributed by atoms with Gasteiger partial charge in [0.2, 0.25) is 0 Å². The van der Waals surface area contributed by atoms with Gasteiger partial charge in [0.05, 0.1) is 17.3 Å². The van der Waals surface area contributed by atoms with Crippen LogP contribution in [0.5, 0.6) is 0 Å². The summed E-state index contributed by atoms with van der Waals surface area (Å²) in [5.74, 6) is 0.581. The zero-order chi connectivity index (χ0) is 11.0. The van der Waals surface area contributed by atoms with Crippen LogP contribution < -0.4 is 0 Å². The molecule has 0 aliphatic carbocycles. The normalized spacial score (nSPS) is 10.8. The van der Waals surface area contributed by atoms with Crippen molar-refractivity contribution >= 4 is 22.5 Å². The fraction of sp³-hybridized carbons (Fsp3) is 0. The summed E-state index contributed by atoms with van der Waals surface area (Å²) in [4.78, 5) is 8.66. The van der Waals surface area contributed by atoms with Gasteiger partial charge in [0.15, 0.2) is 5.82 Å². The Morgan fingerprint density at radius 3 is 2.75 bits per heavy atom. The topological polar surface area (TPSA) is 38.9 Å². The summed E-state index contributed by atoms with van der Waals surface area (Å²) >= 11 is 6.10. The number of furan rings is 1. The van der Waals surface area contributed by atoms with Crippen molar-refractivity contribution in [3.8, 4) is 11.4 Å². The van der Waals surface area contributed by atoms with Gasteiger partial charge in [0, 0.05) is 5.39 Å². The summed E-state index contributed by atoms with van der Waals surface area (Å²) in [5.41, 5.74) is 1.66. The summed E-state index contributed by atoms with van der Waals surface area (Å²) in [7, 11) is 0. The number of rotatable bonds is 1. The summed E-state index contributed by atoms with van der Waals surface area (Å²) < 4.78 is 5.00. The largest absolute Gasteiger partial charge is 0.472 e. The fourth-order valence-electron chi connectivity index (χ4n) is 1.56. The number of benzene rings is 1. The number of halogens is 1. The molecule has 0 spiro atoms. The third-order valence-corrected chi connectivity index (χ3v) is 2.62. The molecule has 0 saturated heterocycles. The van der Waals surface area contributed by atoms with E-state index in [-0.39, 0.29) is 0 Å². The molecule has 16 heavy (non-hydrogen) atoms. The zero-order valence-electron chi connectivity index (χ0n) is 8.22. The average molecular weight is 231 g/mol. The van der Waals surface area contributed by atoms with Gasteiger partial charge in [0.1, 0.15) is 11.4 Å². The minimum atomic E-state index is 0.460. The Kier molecular flexibility index (Phi) is 2.11. The molecule has 1 aromatic carbocycles. The van der Waals surface area contributed by atoms with Crippen LogP contribution in [0, 0.1) is 0 Å². The van der Waals surface area contributed by atoms with E-state index in [4.69, 9.17) is 16.0 Å². The smallest absolute Gasteiger partial charge is 0.164 e. The van der Waals surface area contributed by atoms with Crippen LogP contribution in [0.1, 0.15) is 0 Å². The molecule has 0 unspecified atom stereocenters. The maximum absolute atomic E-state index is 6.10. The van der Waals surface area contributed by atoms with Gasteiger partial charge in [0.25, 0.3) is 0 Å². The Bertz CT molecular complexity index is 635. The monoisotopic (exact) mass is 230 g/mol. The molecule has 0 radical (unpaired) electrons. The van der Waals surface area contributed by atoms with Crippen molar-refractivity contribution in [3.05, 3.63) is 48.0 Å². The first kappa shape index (κ1) is 9.36. The lowest BCUT2D eigenvalue weighted by Gasteiger charge is -2.01. The predicted molar refractivity (Wildman–Crippen MR) is 62.3 cm³/mol. The van der Waals surface area contributed by atoms with Crippen LogP contribution in [-0.4, -0.2) is 9.97 Å². The lowest BCUT2D eigenvalue weighted by Crippen LogP contribution is -1.90. The van der Waals surface area contributed by atoms with Crippen LogP contribution in [-0.2, 0) is 0 Å². The molecule has 0 amide bonds. The molecule has 0 saturated carbocycles. The third kappa shape index (κ3) is 1.46. The van der Waals surface area contributed by atoms with Crippen LogP contribution in [0.2, 0.25) is 5.15 Å². The molecule has 78 valence electrons. The number of hydrogen-bond donors (Lipinski definition) is 0. The van der Waals surface area contributed by atoms with E-state index in [1.54, 1.807) is 18.6 Å². The molecule has 4 heteroatoms. The van der Waals surface area contributed by atoms with Gasteiger partial charge in [-0.05, 0) is 18.2 Å². The van der Waals surface area contributed by atoms with E-state index in [9.17, 15) is 0 Å². The number of hydrogen-bond acceptors (Lipinski definition) is 3. The lowest BCUT2D eigenvalue weighted by molar-refractivity contribution is 0.568. The highest BCUT2D eigenvalue weighted by atomic mass is 35.5. The Morgan fingerprint density at radius 1 is 1.06 bits per heavy atom.